The van der Waals surface area contributed by atoms with E-state index in [0.717, 1.165) is 72.3 Å². The Morgan fingerprint density at radius 1 is 1.03 bits per heavy atom. The summed E-state index contributed by atoms with van der Waals surface area (Å²) >= 11 is 0. The minimum absolute atomic E-state index is 0.0749. The van der Waals surface area contributed by atoms with Gasteiger partial charge in [-0.3, -0.25) is 9.78 Å². The predicted molar refractivity (Wildman–Crippen MR) is 143 cm³/mol. The van der Waals surface area contributed by atoms with E-state index < -0.39 is 24.6 Å². The number of rotatable bonds is 8. The monoisotopic (exact) mass is 507 g/mol. The zero-order valence-corrected chi connectivity index (χ0v) is 20.7. The molecular weight excluding hydrogens is 473 g/mol. The zero-order valence-electron chi connectivity index (χ0n) is 20.7. The van der Waals surface area contributed by atoms with E-state index in [9.17, 15) is 19.4 Å². The van der Waals surface area contributed by atoms with Gasteiger partial charge in [0.25, 0.3) is 0 Å². The van der Waals surface area contributed by atoms with Gasteiger partial charge in [-0.2, -0.15) is 0 Å². The smallest absolute Gasteiger partial charge is 0.305 e. The molecule has 196 valence electrons. The van der Waals surface area contributed by atoms with Crippen LogP contribution >= 0.6 is 0 Å². The molecule has 1 aromatic heterocycles. The highest BCUT2D eigenvalue weighted by Gasteiger charge is 2.29. The SMILES string of the molecule is C1CNCCN1.O=C(O)C[C@H](O)C[C@H](O)/C=C/c1c(C2CC2)nc2ccccc2c1-c1ccc(F)cc1. The Kier molecular flexibility index (Phi) is 9.35. The summed E-state index contributed by atoms with van der Waals surface area (Å²) in [7, 11) is 0. The number of aliphatic hydroxyl groups excluding tert-OH is 2. The number of pyridine rings is 1. The highest BCUT2D eigenvalue weighted by molar-refractivity contribution is 5.99. The molecule has 0 spiro atoms. The van der Waals surface area contributed by atoms with Gasteiger partial charge in [0.1, 0.15) is 5.82 Å². The molecule has 1 aliphatic carbocycles. The molecule has 2 fully saturated rings. The zero-order chi connectivity index (χ0) is 26.2. The molecule has 2 heterocycles. The second kappa shape index (κ2) is 12.9. The van der Waals surface area contributed by atoms with Gasteiger partial charge in [-0.05, 0) is 36.6 Å². The maximum absolute atomic E-state index is 13.6. The van der Waals surface area contributed by atoms with Crippen molar-refractivity contribution in [3.05, 3.63) is 71.7 Å². The summed E-state index contributed by atoms with van der Waals surface area (Å²) in [6, 6.07) is 14.1. The highest BCUT2D eigenvalue weighted by Crippen LogP contribution is 2.45. The van der Waals surface area contributed by atoms with Crippen molar-refractivity contribution in [3.63, 3.8) is 0 Å². The molecule has 0 amide bonds. The number of para-hydroxylation sites is 1. The van der Waals surface area contributed by atoms with Crippen LogP contribution in [0.3, 0.4) is 0 Å². The van der Waals surface area contributed by atoms with Crippen molar-refractivity contribution in [1.29, 1.82) is 0 Å². The molecule has 8 heteroatoms. The molecule has 5 rings (SSSR count). The van der Waals surface area contributed by atoms with Gasteiger partial charge in [0.2, 0.25) is 0 Å². The average molecular weight is 508 g/mol. The van der Waals surface area contributed by atoms with E-state index in [4.69, 9.17) is 10.1 Å². The topological polar surface area (TPSA) is 115 Å². The van der Waals surface area contributed by atoms with E-state index in [1.165, 1.54) is 12.1 Å². The minimum atomic E-state index is -1.13. The number of carbonyl (C=O) groups is 1. The van der Waals surface area contributed by atoms with Crippen LogP contribution in [0.2, 0.25) is 0 Å². The number of hydrogen-bond donors (Lipinski definition) is 5. The second-order valence-corrected chi connectivity index (χ2v) is 9.50. The number of benzene rings is 2. The first-order valence-corrected chi connectivity index (χ1v) is 12.8. The van der Waals surface area contributed by atoms with Gasteiger partial charge < -0.3 is 26.0 Å². The number of carboxylic acid groups (broad SMARTS) is 1. The molecular formula is C29H34FN3O4. The number of fused-ring (bicyclic) bond motifs is 1. The van der Waals surface area contributed by atoms with Crippen molar-refractivity contribution in [2.24, 2.45) is 0 Å². The maximum Gasteiger partial charge on any atom is 0.305 e. The van der Waals surface area contributed by atoms with Crippen LogP contribution < -0.4 is 10.6 Å². The number of carboxylic acids is 1. The lowest BCUT2D eigenvalue weighted by molar-refractivity contribution is -0.139. The predicted octanol–water partition coefficient (Wildman–Crippen LogP) is 3.70. The van der Waals surface area contributed by atoms with Crippen molar-refractivity contribution in [2.75, 3.05) is 26.2 Å². The van der Waals surface area contributed by atoms with Crippen LogP contribution in [0.15, 0.2) is 54.6 Å². The molecule has 2 aliphatic rings. The molecule has 0 radical (unpaired) electrons. The lowest BCUT2D eigenvalue weighted by Gasteiger charge is -2.16. The van der Waals surface area contributed by atoms with Gasteiger partial charge in [0.05, 0.1) is 29.8 Å². The quantitative estimate of drug-likeness (QED) is 0.316. The van der Waals surface area contributed by atoms with Gasteiger partial charge in [-0.25, -0.2) is 4.39 Å². The van der Waals surface area contributed by atoms with Crippen LogP contribution in [0, 0.1) is 5.82 Å². The molecule has 5 N–H and O–H groups in total. The first kappa shape index (κ1) is 26.9. The van der Waals surface area contributed by atoms with Crippen LogP contribution in [0.1, 0.15) is 42.9 Å². The summed E-state index contributed by atoms with van der Waals surface area (Å²) in [4.78, 5) is 15.6. The van der Waals surface area contributed by atoms with E-state index in [2.05, 4.69) is 10.6 Å². The first-order valence-electron chi connectivity index (χ1n) is 12.8. The third-order valence-corrected chi connectivity index (χ3v) is 6.42. The molecule has 3 aromatic rings. The van der Waals surface area contributed by atoms with Gasteiger partial charge in [-0.15, -0.1) is 0 Å². The van der Waals surface area contributed by atoms with Crippen LogP contribution in [0.25, 0.3) is 28.1 Å². The van der Waals surface area contributed by atoms with Crippen LogP contribution in [0.4, 0.5) is 4.39 Å². The Balaban J connectivity index is 0.000000469. The number of aliphatic carboxylic acids is 1. The van der Waals surface area contributed by atoms with Crippen molar-refractivity contribution in [1.82, 2.24) is 15.6 Å². The number of halogens is 1. The summed E-state index contributed by atoms with van der Waals surface area (Å²) in [6.45, 7) is 4.56. The first-order chi connectivity index (χ1) is 17.9. The average Bonchev–Trinajstić information content (AvgIpc) is 3.74. The van der Waals surface area contributed by atoms with Crippen LogP contribution in [-0.2, 0) is 4.79 Å². The largest absolute Gasteiger partial charge is 0.481 e. The third-order valence-electron chi connectivity index (χ3n) is 6.42. The normalized spacial score (nSPS) is 17.3. The summed E-state index contributed by atoms with van der Waals surface area (Å²) in [5.74, 6) is -1.10. The number of hydrogen-bond acceptors (Lipinski definition) is 6. The van der Waals surface area contributed by atoms with Crippen molar-refractivity contribution in [3.8, 4) is 11.1 Å². The third kappa shape index (κ3) is 7.66. The van der Waals surface area contributed by atoms with E-state index >= 15 is 0 Å². The Morgan fingerprint density at radius 3 is 2.27 bits per heavy atom. The van der Waals surface area contributed by atoms with E-state index in [-0.39, 0.29) is 12.2 Å². The van der Waals surface area contributed by atoms with E-state index in [1.54, 1.807) is 24.3 Å². The highest BCUT2D eigenvalue weighted by atomic mass is 19.1. The summed E-state index contributed by atoms with van der Waals surface area (Å²) in [6.07, 6.45) is 2.80. The molecule has 37 heavy (non-hydrogen) atoms. The van der Waals surface area contributed by atoms with Crippen LogP contribution in [0.5, 0.6) is 0 Å². The number of aromatic nitrogens is 1. The van der Waals surface area contributed by atoms with Gasteiger partial charge in [-0.1, -0.05) is 42.5 Å². The molecule has 1 aliphatic heterocycles. The minimum Gasteiger partial charge on any atom is -0.481 e. The van der Waals surface area contributed by atoms with Crippen molar-refractivity contribution < 1.29 is 24.5 Å². The van der Waals surface area contributed by atoms with Gasteiger partial charge >= 0.3 is 5.97 Å². The van der Waals surface area contributed by atoms with E-state index in [1.807, 2.05) is 24.3 Å². The number of nitrogens with zero attached hydrogens (tertiary/aromatic N) is 1. The number of nitrogens with one attached hydrogen (secondary N) is 2. The molecule has 7 nitrogen and oxygen atoms in total. The van der Waals surface area contributed by atoms with Gasteiger partial charge in [0.15, 0.2) is 0 Å². The molecule has 1 saturated heterocycles. The summed E-state index contributed by atoms with van der Waals surface area (Å²) in [5.41, 5.74) is 4.43. The fourth-order valence-corrected chi connectivity index (χ4v) is 4.46. The number of piperazine rings is 1. The molecule has 2 atom stereocenters. The summed E-state index contributed by atoms with van der Waals surface area (Å²) in [5, 5.41) is 36.3. The molecule has 1 saturated carbocycles. The van der Waals surface area contributed by atoms with Crippen molar-refractivity contribution >= 4 is 22.9 Å². The standard InChI is InChI=1S/C25H24FNO4.C4H10N2/c26-17-9-7-15(8-10-17)24-20-3-1-2-4-22(20)27-25(16-5-6-16)21(24)12-11-18(28)13-19(29)14-23(30)31;1-2-6-4-3-5-1/h1-4,7-12,16,18-19,28-29H,5-6,13-14H2,(H,30,31);5-6H,1-4H2/b12-11+;/t18-,19-;/m1./s1. The Morgan fingerprint density at radius 2 is 1.68 bits per heavy atom. The Labute approximate surface area is 216 Å². The van der Waals surface area contributed by atoms with Gasteiger partial charge in [0, 0.05) is 55.0 Å². The Hall–Kier alpha value is -3.17. The molecule has 2 aromatic carbocycles. The molecule has 0 unspecified atom stereocenters. The molecule has 0 bridgehead atoms. The maximum atomic E-state index is 13.6. The fourth-order valence-electron chi connectivity index (χ4n) is 4.46. The fraction of sp³-hybridized carbons (Fsp3) is 0.379. The lowest BCUT2D eigenvalue weighted by atomic mass is 9.92. The Bertz CT molecular complexity index is 1210. The van der Waals surface area contributed by atoms with E-state index in [0.29, 0.717) is 5.92 Å². The van der Waals surface area contributed by atoms with Crippen molar-refractivity contribution in [2.45, 2.75) is 43.8 Å². The lowest BCUT2D eigenvalue weighted by Crippen LogP contribution is -2.39. The second-order valence-electron chi connectivity index (χ2n) is 9.50. The number of aliphatic hydroxyl groups is 2. The van der Waals surface area contributed by atoms with Crippen LogP contribution in [-0.4, -0.2) is 64.7 Å². The summed E-state index contributed by atoms with van der Waals surface area (Å²) < 4.78 is 13.6.